The van der Waals surface area contributed by atoms with Crippen molar-refractivity contribution in [2.45, 2.75) is 57.6 Å². The fourth-order valence-corrected chi connectivity index (χ4v) is 2.97. The lowest BCUT2D eigenvalue weighted by Gasteiger charge is -2.37. The first kappa shape index (κ1) is 13.8. The molecule has 2 fully saturated rings. The number of nitrogens with one attached hydrogen (secondary N) is 1. The third-order valence-corrected chi connectivity index (χ3v) is 4.06. The number of hydrogen-bond donors (Lipinski definition) is 1. The molecule has 2 saturated heterocycles. The van der Waals surface area contributed by atoms with Gasteiger partial charge in [0, 0.05) is 19.7 Å². The van der Waals surface area contributed by atoms with Gasteiger partial charge in [-0.2, -0.15) is 0 Å². The maximum absolute atomic E-state index is 12.5. The van der Waals surface area contributed by atoms with Gasteiger partial charge in [0.1, 0.15) is 0 Å². The number of amides is 1. The number of ether oxygens (including phenoxy) is 1. The molecule has 4 heteroatoms. The summed E-state index contributed by atoms with van der Waals surface area (Å²) in [5, 5.41) is 3.36. The molecule has 0 spiro atoms. The lowest BCUT2D eigenvalue weighted by Crippen LogP contribution is -2.56. The molecule has 2 rings (SSSR count). The maximum atomic E-state index is 12.5. The summed E-state index contributed by atoms with van der Waals surface area (Å²) in [5.41, 5.74) is -0.327. The summed E-state index contributed by atoms with van der Waals surface area (Å²) in [6.45, 7) is 7.60. The molecule has 2 atom stereocenters. The van der Waals surface area contributed by atoms with E-state index in [1.54, 1.807) is 0 Å². The predicted molar refractivity (Wildman–Crippen MR) is 71.5 cm³/mol. The highest BCUT2D eigenvalue weighted by Gasteiger charge is 2.40. The minimum Gasteiger partial charge on any atom is -0.376 e. The fraction of sp³-hybridized carbons (Fsp3) is 0.929. The quantitative estimate of drug-likeness (QED) is 0.827. The van der Waals surface area contributed by atoms with Gasteiger partial charge in [-0.05, 0) is 45.6 Å². The van der Waals surface area contributed by atoms with Crippen LogP contribution in [0.2, 0.25) is 0 Å². The Morgan fingerprint density at radius 1 is 1.50 bits per heavy atom. The van der Waals surface area contributed by atoms with Crippen molar-refractivity contribution in [2.75, 3.05) is 26.2 Å². The Balaban J connectivity index is 1.89. The molecule has 18 heavy (non-hydrogen) atoms. The van der Waals surface area contributed by atoms with E-state index in [1.165, 1.54) is 0 Å². The van der Waals surface area contributed by atoms with Gasteiger partial charge in [-0.15, -0.1) is 0 Å². The number of likely N-dealkylation sites (tertiary alicyclic amines) is 1. The van der Waals surface area contributed by atoms with E-state index in [0.29, 0.717) is 0 Å². The van der Waals surface area contributed by atoms with Crippen LogP contribution >= 0.6 is 0 Å². The molecule has 2 unspecified atom stereocenters. The molecular formula is C14H26N2O2. The van der Waals surface area contributed by atoms with Crippen LogP contribution in [-0.4, -0.2) is 48.7 Å². The first-order valence-electron chi connectivity index (χ1n) is 7.32. The van der Waals surface area contributed by atoms with Crippen LogP contribution in [-0.2, 0) is 9.53 Å². The molecule has 2 aliphatic heterocycles. The van der Waals surface area contributed by atoms with Crippen LogP contribution in [0.25, 0.3) is 0 Å². The molecule has 0 aromatic carbocycles. The summed E-state index contributed by atoms with van der Waals surface area (Å²) >= 11 is 0. The van der Waals surface area contributed by atoms with E-state index in [-0.39, 0.29) is 17.6 Å². The van der Waals surface area contributed by atoms with E-state index in [4.69, 9.17) is 4.74 Å². The molecule has 2 heterocycles. The highest BCUT2D eigenvalue weighted by Crippen LogP contribution is 2.24. The van der Waals surface area contributed by atoms with Gasteiger partial charge in [-0.3, -0.25) is 4.79 Å². The van der Waals surface area contributed by atoms with Crippen LogP contribution < -0.4 is 5.32 Å². The van der Waals surface area contributed by atoms with Crippen LogP contribution in [0.1, 0.15) is 46.0 Å². The molecule has 104 valence electrons. The molecule has 0 aromatic rings. The van der Waals surface area contributed by atoms with Crippen molar-refractivity contribution in [1.29, 1.82) is 0 Å². The van der Waals surface area contributed by atoms with Crippen LogP contribution in [0.5, 0.6) is 0 Å². The summed E-state index contributed by atoms with van der Waals surface area (Å²) in [5.74, 6) is 0.268. The second-order valence-electron chi connectivity index (χ2n) is 5.75. The van der Waals surface area contributed by atoms with Crippen molar-refractivity contribution in [3.05, 3.63) is 0 Å². The lowest BCUT2D eigenvalue weighted by atomic mass is 9.96. The molecule has 0 bridgehead atoms. The topological polar surface area (TPSA) is 41.6 Å². The fourth-order valence-electron chi connectivity index (χ4n) is 2.97. The van der Waals surface area contributed by atoms with Crippen molar-refractivity contribution in [1.82, 2.24) is 10.2 Å². The third kappa shape index (κ3) is 3.04. The normalized spacial score (nSPS) is 32.8. The smallest absolute Gasteiger partial charge is 0.242 e. The number of hydrogen-bond acceptors (Lipinski definition) is 3. The van der Waals surface area contributed by atoms with Crippen molar-refractivity contribution >= 4 is 5.91 Å². The highest BCUT2D eigenvalue weighted by molar-refractivity contribution is 5.86. The zero-order valence-corrected chi connectivity index (χ0v) is 11.7. The Kier molecular flexibility index (Phi) is 4.62. The Hall–Kier alpha value is -0.610. The Labute approximate surface area is 110 Å². The molecule has 2 aliphatic rings. The first-order chi connectivity index (χ1) is 8.65. The largest absolute Gasteiger partial charge is 0.376 e. The number of rotatable bonds is 4. The molecule has 0 radical (unpaired) electrons. The summed E-state index contributed by atoms with van der Waals surface area (Å²) in [6, 6.07) is 0. The monoisotopic (exact) mass is 254 g/mol. The minimum atomic E-state index is -0.327. The number of carbonyl (C=O) groups is 1. The number of carbonyl (C=O) groups excluding carboxylic acids is 1. The number of nitrogens with zero attached hydrogens (tertiary/aromatic N) is 1. The van der Waals surface area contributed by atoms with Gasteiger partial charge in [-0.25, -0.2) is 0 Å². The predicted octanol–water partition coefficient (Wildman–Crippen LogP) is 1.55. The van der Waals surface area contributed by atoms with Gasteiger partial charge >= 0.3 is 0 Å². The number of piperidine rings is 1. The molecule has 0 aliphatic carbocycles. The maximum Gasteiger partial charge on any atom is 0.242 e. The zero-order valence-electron chi connectivity index (χ0n) is 11.7. The summed E-state index contributed by atoms with van der Waals surface area (Å²) in [7, 11) is 0. The molecule has 1 N–H and O–H groups in total. The molecule has 0 saturated carbocycles. The van der Waals surface area contributed by atoms with Gasteiger partial charge in [0.25, 0.3) is 0 Å². The van der Waals surface area contributed by atoms with Crippen molar-refractivity contribution < 1.29 is 9.53 Å². The second kappa shape index (κ2) is 6.02. The van der Waals surface area contributed by atoms with E-state index >= 15 is 0 Å². The van der Waals surface area contributed by atoms with Gasteiger partial charge in [0.05, 0.1) is 11.6 Å². The highest BCUT2D eigenvalue weighted by atomic mass is 16.5. The lowest BCUT2D eigenvalue weighted by molar-refractivity contribution is -0.141. The SMILES string of the molecule is CCCOC1CCCN(C(=O)C2(C)CCCN2)C1. The van der Waals surface area contributed by atoms with Crippen LogP contribution in [0.15, 0.2) is 0 Å². The van der Waals surface area contributed by atoms with Crippen molar-refractivity contribution in [3.8, 4) is 0 Å². The first-order valence-corrected chi connectivity index (χ1v) is 7.32. The average molecular weight is 254 g/mol. The summed E-state index contributed by atoms with van der Waals surface area (Å²) < 4.78 is 5.79. The third-order valence-electron chi connectivity index (χ3n) is 4.06. The van der Waals surface area contributed by atoms with E-state index in [0.717, 1.165) is 58.3 Å². The average Bonchev–Trinajstić information content (AvgIpc) is 2.84. The van der Waals surface area contributed by atoms with Crippen LogP contribution in [0.3, 0.4) is 0 Å². The molecule has 4 nitrogen and oxygen atoms in total. The second-order valence-corrected chi connectivity index (χ2v) is 5.75. The van der Waals surface area contributed by atoms with Crippen LogP contribution in [0, 0.1) is 0 Å². The van der Waals surface area contributed by atoms with E-state index in [2.05, 4.69) is 12.2 Å². The van der Waals surface area contributed by atoms with Crippen LogP contribution in [0.4, 0.5) is 0 Å². The Morgan fingerprint density at radius 2 is 2.33 bits per heavy atom. The van der Waals surface area contributed by atoms with E-state index in [9.17, 15) is 4.79 Å². The Bertz CT molecular complexity index is 288. The van der Waals surface area contributed by atoms with Gasteiger partial charge in [0.15, 0.2) is 0 Å². The van der Waals surface area contributed by atoms with Crippen molar-refractivity contribution in [3.63, 3.8) is 0 Å². The van der Waals surface area contributed by atoms with E-state index < -0.39 is 0 Å². The Morgan fingerprint density at radius 3 is 3.00 bits per heavy atom. The molecule has 1 amide bonds. The molecule has 0 aromatic heterocycles. The standard InChI is InChI=1S/C14H26N2O2/c1-3-10-18-12-6-4-9-16(11-12)13(17)14(2)7-5-8-15-14/h12,15H,3-11H2,1-2H3. The van der Waals surface area contributed by atoms with Gasteiger partial charge < -0.3 is 15.0 Å². The van der Waals surface area contributed by atoms with Gasteiger partial charge in [0.2, 0.25) is 5.91 Å². The summed E-state index contributed by atoms with van der Waals surface area (Å²) in [4.78, 5) is 14.6. The van der Waals surface area contributed by atoms with Crippen molar-refractivity contribution in [2.24, 2.45) is 0 Å². The van der Waals surface area contributed by atoms with E-state index in [1.807, 2.05) is 11.8 Å². The zero-order chi connectivity index (χ0) is 13.0. The van der Waals surface area contributed by atoms with Gasteiger partial charge in [-0.1, -0.05) is 6.92 Å². The molecular weight excluding hydrogens is 228 g/mol. The minimum absolute atomic E-state index is 0.243. The summed E-state index contributed by atoms with van der Waals surface area (Å²) in [6.07, 6.45) is 5.51.